The molecule has 1 unspecified atom stereocenters. The largest absolute Gasteiger partial charge is 0.508 e. The number of hydrogen-bond acceptors (Lipinski definition) is 6. The van der Waals surface area contributed by atoms with Gasteiger partial charge in [-0.1, -0.05) is 12.1 Å². The van der Waals surface area contributed by atoms with Crippen LogP contribution in [-0.2, 0) is 14.3 Å². The molecule has 1 saturated heterocycles. The van der Waals surface area contributed by atoms with E-state index >= 15 is 0 Å². The predicted octanol–water partition coefficient (Wildman–Crippen LogP) is 3.00. The van der Waals surface area contributed by atoms with E-state index in [1.54, 1.807) is 12.1 Å². The summed E-state index contributed by atoms with van der Waals surface area (Å²) in [5, 5.41) is 20.6. The quantitative estimate of drug-likeness (QED) is 0.312. The van der Waals surface area contributed by atoms with Gasteiger partial charge in [0, 0.05) is 20.3 Å². The topological polar surface area (TPSA) is 96.3 Å². The number of halogens is 1. The Morgan fingerprint density at radius 1 is 1.13 bits per heavy atom. The van der Waals surface area contributed by atoms with Gasteiger partial charge < -0.3 is 24.6 Å². The highest BCUT2D eigenvalue weighted by molar-refractivity contribution is 6.46. The van der Waals surface area contributed by atoms with E-state index in [-0.39, 0.29) is 29.2 Å². The summed E-state index contributed by atoms with van der Waals surface area (Å²) < 4.78 is 24.1. The summed E-state index contributed by atoms with van der Waals surface area (Å²) in [6.07, 6.45) is 0.474. The SMILES string of the molecule is COCCCN1C(=O)C(=O)/C(=C(/O)c2cc(F)ccc2OC)C1c1ccc(O)cc1. The maximum atomic E-state index is 13.9. The maximum Gasteiger partial charge on any atom is 0.295 e. The Kier molecular flexibility index (Phi) is 6.37. The zero-order chi connectivity index (χ0) is 21.8. The average molecular weight is 415 g/mol. The van der Waals surface area contributed by atoms with Crippen molar-refractivity contribution in [3.8, 4) is 11.5 Å². The van der Waals surface area contributed by atoms with Crippen molar-refractivity contribution in [2.24, 2.45) is 0 Å². The van der Waals surface area contributed by atoms with Crippen molar-refractivity contribution in [1.82, 2.24) is 4.90 Å². The zero-order valence-corrected chi connectivity index (χ0v) is 16.6. The molecule has 0 saturated carbocycles. The second-order valence-electron chi connectivity index (χ2n) is 6.77. The molecular formula is C22H22FNO6. The van der Waals surface area contributed by atoms with Crippen molar-refractivity contribution < 1.29 is 33.7 Å². The maximum absolute atomic E-state index is 13.9. The van der Waals surface area contributed by atoms with Gasteiger partial charge in [-0.3, -0.25) is 9.59 Å². The van der Waals surface area contributed by atoms with Crippen LogP contribution >= 0.6 is 0 Å². The highest BCUT2D eigenvalue weighted by Gasteiger charge is 2.46. The van der Waals surface area contributed by atoms with E-state index < -0.39 is 29.3 Å². The van der Waals surface area contributed by atoms with Crippen LogP contribution in [0.5, 0.6) is 11.5 Å². The van der Waals surface area contributed by atoms with E-state index in [0.29, 0.717) is 18.6 Å². The molecule has 2 aromatic rings. The summed E-state index contributed by atoms with van der Waals surface area (Å²) in [4.78, 5) is 27.0. The average Bonchev–Trinajstić information content (AvgIpc) is 2.99. The summed E-state index contributed by atoms with van der Waals surface area (Å²) in [7, 11) is 2.88. The first-order chi connectivity index (χ1) is 14.4. The number of ketones is 1. The molecule has 0 radical (unpaired) electrons. The summed E-state index contributed by atoms with van der Waals surface area (Å²) in [5.41, 5.74) is 0.310. The van der Waals surface area contributed by atoms with E-state index in [0.717, 1.165) is 12.1 Å². The Bertz CT molecular complexity index is 986. The van der Waals surface area contributed by atoms with Crippen molar-refractivity contribution in [2.45, 2.75) is 12.5 Å². The molecule has 1 atom stereocenters. The number of likely N-dealkylation sites (tertiary alicyclic amines) is 1. The van der Waals surface area contributed by atoms with E-state index in [1.807, 2.05) is 0 Å². The first-order valence-corrected chi connectivity index (χ1v) is 9.29. The first-order valence-electron chi connectivity index (χ1n) is 9.29. The molecule has 1 amide bonds. The van der Waals surface area contributed by atoms with E-state index in [1.165, 1.54) is 37.3 Å². The number of hydrogen-bond donors (Lipinski definition) is 2. The minimum atomic E-state index is -0.907. The third-order valence-corrected chi connectivity index (χ3v) is 4.91. The second-order valence-corrected chi connectivity index (χ2v) is 6.77. The molecule has 7 nitrogen and oxygen atoms in total. The van der Waals surface area contributed by atoms with Crippen LogP contribution in [0.1, 0.15) is 23.6 Å². The number of aromatic hydroxyl groups is 1. The number of Topliss-reactive ketones (excluding diaryl/α,β-unsaturated/α-hetero) is 1. The monoisotopic (exact) mass is 415 g/mol. The van der Waals surface area contributed by atoms with E-state index in [4.69, 9.17) is 9.47 Å². The number of benzene rings is 2. The number of rotatable bonds is 7. The Balaban J connectivity index is 2.18. The Labute approximate surface area is 173 Å². The van der Waals surface area contributed by atoms with Crippen molar-refractivity contribution in [2.75, 3.05) is 27.4 Å². The third-order valence-electron chi connectivity index (χ3n) is 4.91. The number of carbonyl (C=O) groups is 2. The molecule has 0 bridgehead atoms. The normalized spacial score (nSPS) is 18.1. The Hall–Kier alpha value is -3.39. The minimum Gasteiger partial charge on any atom is -0.508 e. The second kappa shape index (κ2) is 8.96. The van der Waals surface area contributed by atoms with Gasteiger partial charge in [-0.2, -0.15) is 0 Å². The number of amides is 1. The number of carbonyl (C=O) groups excluding carboxylic acids is 2. The molecule has 8 heteroatoms. The number of aliphatic hydroxyl groups is 1. The van der Waals surface area contributed by atoms with E-state index in [2.05, 4.69) is 0 Å². The highest BCUT2D eigenvalue weighted by atomic mass is 19.1. The lowest BCUT2D eigenvalue weighted by Gasteiger charge is -2.25. The fraction of sp³-hybridized carbons (Fsp3) is 0.273. The summed E-state index contributed by atoms with van der Waals surface area (Å²) in [6, 6.07) is 8.60. The molecule has 0 aromatic heterocycles. The molecule has 1 heterocycles. The molecule has 2 N–H and O–H groups in total. The van der Waals surface area contributed by atoms with Crippen LogP contribution in [-0.4, -0.2) is 54.2 Å². The molecule has 30 heavy (non-hydrogen) atoms. The minimum absolute atomic E-state index is 0.0156. The van der Waals surface area contributed by atoms with Crippen LogP contribution in [0.15, 0.2) is 48.0 Å². The molecule has 3 rings (SSSR count). The summed E-state index contributed by atoms with van der Waals surface area (Å²) in [5.74, 6) is -2.65. The van der Waals surface area contributed by atoms with Crippen molar-refractivity contribution in [3.05, 3.63) is 65.0 Å². The van der Waals surface area contributed by atoms with Crippen LogP contribution in [0.2, 0.25) is 0 Å². The summed E-state index contributed by atoms with van der Waals surface area (Å²) in [6.45, 7) is 0.587. The van der Waals surface area contributed by atoms with Gasteiger partial charge >= 0.3 is 0 Å². The van der Waals surface area contributed by atoms with Gasteiger partial charge in [-0.05, 0) is 42.3 Å². The molecule has 0 aliphatic carbocycles. The van der Waals surface area contributed by atoms with Gasteiger partial charge in [-0.15, -0.1) is 0 Å². The fourth-order valence-corrected chi connectivity index (χ4v) is 3.50. The van der Waals surface area contributed by atoms with Crippen LogP contribution in [0.3, 0.4) is 0 Å². The number of methoxy groups -OCH3 is 2. The molecule has 1 aliphatic rings. The van der Waals surface area contributed by atoms with E-state index in [9.17, 15) is 24.2 Å². The molecule has 158 valence electrons. The van der Waals surface area contributed by atoms with Gasteiger partial charge in [0.1, 0.15) is 23.1 Å². The lowest BCUT2D eigenvalue weighted by atomic mass is 9.95. The number of ether oxygens (including phenoxy) is 2. The standard InChI is InChI=1S/C22H22FNO6/c1-29-11-3-10-24-19(13-4-7-15(25)8-5-13)18(21(27)22(24)28)20(26)16-12-14(23)6-9-17(16)30-2/h4-9,12,19,25-26H,3,10-11H2,1-2H3/b20-18+. The smallest absolute Gasteiger partial charge is 0.295 e. The van der Waals surface area contributed by atoms with Gasteiger partial charge in [0.05, 0.1) is 24.3 Å². The first kappa shape index (κ1) is 21.3. The van der Waals surface area contributed by atoms with Gasteiger partial charge in [-0.25, -0.2) is 4.39 Å². The number of phenolic OH excluding ortho intramolecular Hbond substituents is 1. The van der Waals surface area contributed by atoms with Crippen LogP contribution in [0.4, 0.5) is 4.39 Å². The molecule has 0 spiro atoms. The van der Waals surface area contributed by atoms with Crippen molar-refractivity contribution >= 4 is 17.4 Å². The van der Waals surface area contributed by atoms with Crippen LogP contribution in [0.25, 0.3) is 5.76 Å². The number of aliphatic hydroxyl groups excluding tert-OH is 1. The van der Waals surface area contributed by atoms with Gasteiger partial charge in [0.2, 0.25) is 0 Å². The lowest BCUT2D eigenvalue weighted by molar-refractivity contribution is -0.140. The Morgan fingerprint density at radius 2 is 1.83 bits per heavy atom. The van der Waals surface area contributed by atoms with Gasteiger partial charge in [0.25, 0.3) is 11.7 Å². The fourth-order valence-electron chi connectivity index (χ4n) is 3.50. The summed E-state index contributed by atoms with van der Waals surface area (Å²) >= 11 is 0. The highest BCUT2D eigenvalue weighted by Crippen LogP contribution is 2.41. The molecular weight excluding hydrogens is 393 g/mol. The van der Waals surface area contributed by atoms with Crippen LogP contribution in [0, 0.1) is 5.82 Å². The van der Waals surface area contributed by atoms with Crippen molar-refractivity contribution in [3.63, 3.8) is 0 Å². The Morgan fingerprint density at radius 3 is 2.47 bits per heavy atom. The van der Waals surface area contributed by atoms with Crippen LogP contribution < -0.4 is 4.74 Å². The zero-order valence-electron chi connectivity index (χ0n) is 16.6. The molecule has 1 fully saturated rings. The van der Waals surface area contributed by atoms with Gasteiger partial charge in [0.15, 0.2) is 0 Å². The third kappa shape index (κ3) is 3.99. The number of nitrogens with zero attached hydrogens (tertiary/aromatic N) is 1. The van der Waals surface area contributed by atoms with Crippen molar-refractivity contribution in [1.29, 1.82) is 0 Å². The molecule has 2 aromatic carbocycles. The molecule has 1 aliphatic heterocycles. The lowest BCUT2D eigenvalue weighted by Crippen LogP contribution is -2.31. The predicted molar refractivity (Wildman–Crippen MR) is 107 cm³/mol. The number of phenols is 1.